The summed E-state index contributed by atoms with van der Waals surface area (Å²) >= 11 is 0. The van der Waals surface area contributed by atoms with Crippen LogP contribution in [0.5, 0.6) is 0 Å². The molecule has 2 N–H and O–H groups in total. The van der Waals surface area contributed by atoms with Crippen LogP contribution in [0.4, 0.5) is 0 Å². The maximum Gasteiger partial charge on any atom is 0.279 e. The largest absolute Gasteiger partial charge is 0.279 e. The van der Waals surface area contributed by atoms with E-state index in [-0.39, 0.29) is 6.54 Å². The lowest BCUT2D eigenvalue weighted by molar-refractivity contribution is 0.504. The van der Waals surface area contributed by atoms with Crippen molar-refractivity contribution < 1.29 is 8.42 Å². The number of aromatic nitrogens is 4. The number of hydrogen-bond acceptors (Lipinski definition) is 5. The second-order valence-electron chi connectivity index (χ2n) is 2.44. The highest BCUT2D eigenvalue weighted by Crippen LogP contribution is 1.90. The molecule has 0 aliphatic rings. The van der Waals surface area contributed by atoms with E-state index in [2.05, 4.69) is 25.3 Å². The van der Waals surface area contributed by atoms with Crippen LogP contribution in [0, 0.1) is 0 Å². The van der Waals surface area contributed by atoms with Gasteiger partial charge in [0.2, 0.25) is 0 Å². The average molecular weight is 206 g/mol. The van der Waals surface area contributed by atoms with E-state index in [1.165, 1.54) is 14.1 Å². The molecule has 0 radical (unpaired) electrons. The van der Waals surface area contributed by atoms with E-state index in [0.29, 0.717) is 5.82 Å². The molecule has 0 fully saturated rings. The molecule has 1 aromatic heterocycles. The van der Waals surface area contributed by atoms with Gasteiger partial charge in [0.05, 0.1) is 6.54 Å². The summed E-state index contributed by atoms with van der Waals surface area (Å²) in [5.74, 6) is 0.297. The van der Waals surface area contributed by atoms with Crippen LogP contribution in [0.25, 0.3) is 0 Å². The molecule has 0 spiro atoms. The first kappa shape index (κ1) is 10.0. The Morgan fingerprint density at radius 1 is 1.54 bits per heavy atom. The Kier molecular flexibility index (Phi) is 2.90. The average Bonchev–Trinajstić information content (AvgIpc) is 2.52. The maximum absolute atomic E-state index is 11.2. The van der Waals surface area contributed by atoms with E-state index in [0.717, 1.165) is 4.31 Å². The second-order valence-corrected chi connectivity index (χ2v) is 4.41. The van der Waals surface area contributed by atoms with Crippen LogP contribution in [-0.2, 0) is 16.8 Å². The Labute approximate surface area is 75.5 Å². The smallest absolute Gasteiger partial charge is 0.195 e. The zero-order valence-corrected chi connectivity index (χ0v) is 8.04. The Balaban J connectivity index is 2.53. The van der Waals surface area contributed by atoms with E-state index in [1.54, 1.807) is 0 Å². The van der Waals surface area contributed by atoms with Gasteiger partial charge in [0.1, 0.15) is 0 Å². The minimum atomic E-state index is -3.41. The molecular weight excluding hydrogens is 196 g/mol. The zero-order chi connectivity index (χ0) is 9.90. The van der Waals surface area contributed by atoms with Crippen molar-refractivity contribution >= 4 is 10.2 Å². The molecule has 0 bridgehead atoms. The predicted octanol–water partition coefficient (Wildman–Crippen LogP) is -1.90. The van der Waals surface area contributed by atoms with Gasteiger partial charge in [0.15, 0.2) is 5.82 Å². The fourth-order valence-electron chi connectivity index (χ4n) is 0.542. The van der Waals surface area contributed by atoms with Crippen LogP contribution in [0.15, 0.2) is 0 Å². The van der Waals surface area contributed by atoms with Crippen molar-refractivity contribution in [3.63, 3.8) is 0 Å². The van der Waals surface area contributed by atoms with Gasteiger partial charge in [0.25, 0.3) is 10.2 Å². The first-order chi connectivity index (χ1) is 6.02. The van der Waals surface area contributed by atoms with Gasteiger partial charge in [-0.05, 0) is 0 Å². The minimum Gasteiger partial charge on any atom is -0.195 e. The Morgan fingerprint density at radius 2 is 2.23 bits per heavy atom. The molecule has 0 unspecified atom stereocenters. The van der Waals surface area contributed by atoms with Crippen LogP contribution >= 0.6 is 0 Å². The summed E-state index contributed by atoms with van der Waals surface area (Å²) in [7, 11) is -0.554. The molecular formula is C4H10N6O2S. The van der Waals surface area contributed by atoms with Gasteiger partial charge in [-0.3, -0.25) is 0 Å². The van der Waals surface area contributed by atoms with Crippen molar-refractivity contribution in [2.24, 2.45) is 0 Å². The van der Waals surface area contributed by atoms with E-state index in [4.69, 9.17) is 0 Å². The second kappa shape index (κ2) is 3.77. The monoisotopic (exact) mass is 206 g/mol. The maximum atomic E-state index is 11.2. The number of tetrazole rings is 1. The lowest BCUT2D eigenvalue weighted by Crippen LogP contribution is -2.35. The van der Waals surface area contributed by atoms with Crippen LogP contribution in [0.2, 0.25) is 0 Å². The van der Waals surface area contributed by atoms with Crippen molar-refractivity contribution in [1.29, 1.82) is 0 Å². The first-order valence-corrected chi connectivity index (χ1v) is 4.86. The van der Waals surface area contributed by atoms with E-state index >= 15 is 0 Å². The topological polar surface area (TPSA) is 104 Å². The molecule has 0 saturated carbocycles. The van der Waals surface area contributed by atoms with Crippen molar-refractivity contribution in [2.75, 3.05) is 14.1 Å². The van der Waals surface area contributed by atoms with Gasteiger partial charge in [0, 0.05) is 14.1 Å². The third-order valence-corrected chi connectivity index (χ3v) is 2.75. The normalized spacial score (nSPS) is 12.2. The molecule has 8 nitrogen and oxygen atoms in total. The highest BCUT2D eigenvalue weighted by Gasteiger charge is 2.13. The van der Waals surface area contributed by atoms with Crippen molar-refractivity contribution in [2.45, 2.75) is 6.54 Å². The molecule has 0 amide bonds. The van der Waals surface area contributed by atoms with Gasteiger partial charge >= 0.3 is 0 Å². The molecule has 9 heteroatoms. The summed E-state index contributed by atoms with van der Waals surface area (Å²) in [6, 6.07) is 0. The van der Waals surface area contributed by atoms with Crippen molar-refractivity contribution in [1.82, 2.24) is 29.7 Å². The molecule has 0 saturated heterocycles. The standard InChI is InChI=1S/C4H10N6O2S/c1-10(2)13(11,12)5-3-4-6-8-9-7-4/h5H,3H2,1-2H3,(H,6,7,8,9). The van der Waals surface area contributed by atoms with Crippen LogP contribution < -0.4 is 4.72 Å². The third kappa shape index (κ3) is 2.72. The third-order valence-electron chi connectivity index (χ3n) is 1.28. The van der Waals surface area contributed by atoms with Gasteiger partial charge in [-0.25, -0.2) is 0 Å². The van der Waals surface area contributed by atoms with Gasteiger partial charge in [-0.1, -0.05) is 5.21 Å². The van der Waals surface area contributed by atoms with Crippen molar-refractivity contribution in [3.8, 4) is 0 Å². The Morgan fingerprint density at radius 3 is 2.69 bits per heavy atom. The van der Waals surface area contributed by atoms with E-state index < -0.39 is 10.2 Å². The number of nitrogens with zero attached hydrogens (tertiary/aromatic N) is 4. The van der Waals surface area contributed by atoms with Crippen molar-refractivity contribution in [3.05, 3.63) is 5.82 Å². The summed E-state index contributed by atoms with van der Waals surface area (Å²) in [6.45, 7) is 0.0248. The Hall–Kier alpha value is -1.06. The number of nitrogens with one attached hydrogen (secondary N) is 2. The van der Waals surface area contributed by atoms with Gasteiger partial charge < -0.3 is 0 Å². The predicted molar refractivity (Wildman–Crippen MR) is 43.6 cm³/mol. The number of hydrogen-bond donors (Lipinski definition) is 2. The van der Waals surface area contributed by atoms with E-state index in [1.807, 2.05) is 0 Å². The molecule has 1 heterocycles. The first-order valence-electron chi connectivity index (χ1n) is 3.42. The highest BCUT2D eigenvalue weighted by molar-refractivity contribution is 7.87. The molecule has 1 rings (SSSR count). The highest BCUT2D eigenvalue weighted by atomic mass is 32.2. The Bertz CT molecular complexity index is 343. The van der Waals surface area contributed by atoms with Crippen LogP contribution in [0.3, 0.4) is 0 Å². The molecule has 1 aromatic rings. The molecule has 0 aliphatic heterocycles. The molecule has 0 aromatic carbocycles. The van der Waals surface area contributed by atoms with Gasteiger partial charge in [-0.2, -0.15) is 22.7 Å². The summed E-state index contributed by atoms with van der Waals surface area (Å²) in [5.41, 5.74) is 0. The van der Waals surface area contributed by atoms with Gasteiger partial charge in [-0.15, -0.1) is 10.2 Å². The van der Waals surface area contributed by atoms with E-state index in [9.17, 15) is 8.42 Å². The number of H-pyrrole nitrogens is 1. The molecule has 0 aliphatic carbocycles. The van der Waals surface area contributed by atoms with Crippen LogP contribution in [-0.4, -0.2) is 47.4 Å². The summed E-state index contributed by atoms with van der Waals surface area (Å²) in [6.07, 6.45) is 0. The van der Waals surface area contributed by atoms with Crippen LogP contribution in [0.1, 0.15) is 5.82 Å². The number of aromatic amines is 1. The molecule has 0 atom stereocenters. The zero-order valence-electron chi connectivity index (χ0n) is 7.22. The summed E-state index contributed by atoms with van der Waals surface area (Å²) in [5, 5.41) is 12.7. The fourth-order valence-corrected chi connectivity index (χ4v) is 1.11. The number of rotatable bonds is 4. The lowest BCUT2D eigenvalue weighted by atomic mass is 10.7. The molecule has 74 valence electrons. The summed E-state index contributed by atoms with van der Waals surface area (Å²) < 4.78 is 25.6. The minimum absolute atomic E-state index is 0.0248. The lowest BCUT2D eigenvalue weighted by Gasteiger charge is -2.10. The quantitative estimate of drug-likeness (QED) is 0.598. The SMILES string of the molecule is CN(C)S(=O)(=O)NCc1nn[nH]n1. The molecule has 13 heavy (non-hydrogen) atoms. The fraction of sp³-hybridized carbons (Fsp3) is 0.750. The summed E-state index contributed by atoms with van der Waals surface area (Å²) in [4.78, 5) is 0.